The number of rotatable bonds is 4. The molecule has 9 nitrogen and oxygen atoms in total. The summed E-state index contributed by atoms with van der Waals surface area (Å²) in [7, 11) is 0. The fourth-order valence-corrected chi connectivity index (χ4v) is 8.38. The number of nitrogens with two attached hydrogens (primary N) is 1. The van der Waals surface area contributed by atoms with Crippen LogP contribution in [-0.4, -0.2) is 70.5 Å². The van der Waals surface area contributed by atoms with Crippen molar-refractivity contribution in [1.82, 2.24) is 19.9 Å². The van der Waals surface area contributed by atoms with Gasteiger partial charge in [0.1, 0.15) is 58.7 Å². The molecule has 43 heavy (non-hydrogen) atoms. The lowest BCUT2D eigenvalue weighted by Crippen LogP contribution is -2.44. The zero-order chi connectivity index (χ0) is 29.5. The number of aromatic nitrogens is 3. The first kappa shape index (κ1) is 26.7. The first-order valence-corrected chi connectivity index (χ1v) is 15.4. The van der Waals surface area contributed by atoms with Crippen molar-refractivity contribution in [2.24, 2.45) is 0 Å². The number of thiophene rings is 1. The highest BCUT2D eigenvalue weighted by Gasteiger charge is 2.49. The van der Waals surface area contributed by atoms with Crippen LogP contribution in [0.25, 0.3) is 32.2 Å². The number of hydrogen-bond donors (Lipinski definition) is 1. The molecule has 1 aromatic carbocycles. The van der Waals surface area contributed by atoms with Crippen LogP contribution < -0.4 is 20.1 Å². The smallest absolute Gasteiger partial charge is 0.319 e. The molecule has 3 saturated heterocycles. The highest BCUT2D eigenvalue weighted by atomic mass is 32.1. The van der Waals surface area contributed by atoms with Crippen LogP contribution >= 0.6 is 11.3 Å². The van der Waals surface area contributed by atoms with E-state index >= 15 is 4.39 Å². The van der Waals surface area contributed by atoms with Crippen LogP contribution in [0.2, 0.25) is 0 Å². The number of nitrogen functional groups attached to an aromatic ring is 1. The number of hydrogen-bond acceptors (Lipinski definition) is 10. The topological polar surface area (TPSA) is 113 Å². The van der Waals surface area contributed by atoms with Crippen molar-refractivity contribution in [3.8, 4) is 29.2 Å². The van der Waals surface area contributed by atoms with Crippen molar-refractivity contribution in [1.29, 1.82) is 5.26 Å². The Kier molecular flexibility index (Phi) is 6.10. The van der Waals surface area contributed by atoms with E-state index in [0.29, 0.717) is 37.3 Å². The molecule has 4 aliphatic heterocycles. The normalized spacial score (nSPS) is 24.9. The zero-order valence-electron chi connectivity index (χ0n) is 23.2. The highest BCUT2D eigenvalue weighted by molar-refractivity contribution is 7.23. The fourth-order valence-electron chi connectivity index (χ4n) is 7.43. The van der Waals surface area contributed by atoms with Crippen LogP contribution in [0.4, 0.5) is 24.0 Å². The van der Waals surface area contributed by atoms with Gasteiger partial charge in [-0.15, -0.1) is 11.3 Å². The first-order chi connectivity index (χ1) is 20.9. The molecule has 0 radical (unpaired) electrons. The summed E-state index contributed by atoms with van der Waals surface area (Å²) < 4.78 is 58.5. The molecule has 3 atom stereocenters. The molecule has 3 fully saturated rings. The Morgan fingerprint density at radius 2 is 2.05 bits per heavy atom. The van der Waals surface area contributed by atoms with Gasteiger partial charge in [-0.1, -0.05) is 0 Å². The molecule has 4 aliphatic rings. The van der Waals surface area contributed by atoms with Crippen molar-refractivity contribution in [2.75, 3.05) is 43.5 Å². The van der Waals surface area contributed by atoms with Gasteiger partial charge < -0.3 is 20.1 Å². The van der Waals surface area contributed by atoms with E-state index < -0.39 is 23.3 Å². The maximum absolute atomic E-state index is 16.7. The summed E-state index contributed by atoms with van der Waals surface area (Å²) >= 11 is 0.933. The molecule has 0 bridgehead atoms. The van der Waals surface area contributed by atoms with Gasteiger partial charge in [-0.2, -0.15) is 15.2 Å². The number of ether oxygens (including phenoxy) is 2. The highest BCUT2D eigenvalue weighted by Crippen LogP contribution is 2.46. The summed E-state index contributed by atoms with van der Waals surface area (Å²) in [5.74, 6) is -0.670. The first-order valence-electron chi connectivity index (χ1n) is 14.6. The second-order valence-corrected chi connectivity index (χ2v) is 13.0. The lowest BCUT2D eigenvalue weighted by Gasteiger charge is -2.35. The van der Waals surface area contributed by atoms with Crippen molar-refractivity contribution in [3.05, 3.63) is 29.3 Å². The summed E-state index contributed by atoms with van der Waals surface area (Å²) in [4.78, 5) is 18.2. The van der Waals surface area contributed by atoms with E-state index in [1.165, 1.54) is 12.1 Å². The van der Waals surface area contributed by atoms with Crippen LogP contribution in [0.5, 0.6) is 11.9 Å². The minimum atomic E-state index is -0.914. The predicted octanol–water partition coefficient (Wildman–Crippen LogP) is 5.35. The van der Waals surface area contributed by atoms with Gasteiger partial charge in [-0.25, -0.2) is 18.2 Å². The van der Waals surface area contributed by atoms with E-state index in [2.05, 4.69) is 19.8 Å². The minimum absolute atomic E-state index is 0.000927. The van der Waals surface area contributed by atoms with Crippen molar-refractivity contribution in [2.45, 2.75) is 56.3 Å². The third-order valence-electron chi connectivity index (χ3n) is 9.44. The number of nitriles is 1. The van der Waals surface area contributed by atoms with E-state index in [4.69, 9.17) is 20.2 Å². The molecule has 0 unspecified atom stereocenters. The second kappa shape index (κ2) is 9.82. The molecule has 7 heterocycles. The summed E-state index contributed by atoms with van der Waals surface area (Å²) in [6.45, 7) is 2.43. The third-order valence-corrected chi connectivity index (χ3v) is 10.5. The van der Waals surface area contributed by atoms with Crippen LogP contribution in [0.15, 0.2) is 12.1 Å². The van der Waals surface area contributed by atoms with Crippen LogP contribution in [0, 0.1) is 23.0 Å². The molecular weight excluding hydrogens is 579 g/mol. The van der Waals surface area contributed by atoms with E-state index in [-0.39, 0.29) is 62.0 Å². The molecule has 4 aromatic rings. The molecule has 0 amide bonds. The molecule has 222 valence electrons. The Morgan fingerprint density at radius 1 is 1.16 bits per heavy atom. The summed E-state index contributed by atoms with van der Waals surface area (Å²) in [6, 6.07) is 4.65. The van der Waals surface area contributed by atoms with Crippen LogP contribution in [-0.2, 0) is 0 Å². The van der Waals surface area contributed by atoms with Gasteiger partial charge in [0.15, 0.2) is 5.82 Å². The number of piperidine rings is 1. The Hall–Kier alpha value is -3.89. The van der Waals surface area contributed by atoms with E-state index in [1.54, 1.807) is 0 Å². The maximum Gasteiger partial charge on any atom is 0.319 e. The Bertz CT molecular complexity index is 1840. The van der Waals surface area contributed by atoms with Crippen molar-refractivity contribution in [3.63, 3.8) is 0 Å². The predicted molar refractivity (Wildman–Crippen MR) is 156 cm³/mol. The minimum Gasteiger partial charge on any atom is -0.475 e. The summed E-state index contributed by atoms with van der Waals surface area (Å²) in [6.07, 6.45) is 4.09. The average Bonchev–Trinajstić information content (AvgIpc) is 3.61. The Balaban J connectivity index is 1.32. The molecule has 0 aliphatic carbocycles. The summed E-state index contributed by atoms with van der Waals surface area (Å²) in [5.41, 5.74) is 5.73. The lowest BCUT2D eigenvalue weighted by molar-refractivity contribution is 0.107. The van der Waals surface area contributed by atoms with Gasteiger partial charge >= 0.3 is 6.01 Å². The number of nitrogens with zero attached hydrogens (tertiary/aromatic N) is 6. The van der Waals surface area contributed by atoms with Crippen LogP contribution in [0.1, 0.15) is 44.1 Å². The molecular formula is C30H28F3N7O2S. The molecule has 0 saturated carbocycles. The van der Waals surface area contributed by atoms with Crippen molar-refractivity contribution >= 4 is 43.1 Å². The molecule has 2 N–H and O–H groups in total. The van der Waals surface area contributed by atoms with Gasteiger partial charge in [-0.05, 0) is 50.8 Å². The third kappa shape index (κ3) is 4.03. The van der Waals surface area contributed by atoms with Gasteiger partial charge in [0.25, 0.3) is 0 Å². The number of fused-ring (bicyclic) bond motifs is 4. The quantitative estimate of drug-likeness (QED) is 0.328. The number of halogens is 3. The summed E-state index contributed by atoms with van der Waals surface area (Å²) in [5, 5.41) is 10.5. The average molecular weight is 608 g/mol. The standard InChI is InChI=1S/C30H28F3N7O2S/c31-15-10-30(7-3-8-39(30)12-15)14-42-29-37-24-21-27(38-29)40-9-2-1-4-16(40)13-41-28(21)36-23(22(24)33)17-5-6-19(32)25-20(17)18(11-34)26(35)43-25/h5-6,15-16H,1-4,7-10,12-14,35H2/t15-,16+,30+/m1/s1. The van der Waals surface area contributed by atoms with E-state index in [0.717, 1.165) is 50.0 Å². The van der Waals surface area contributed by atoms with E-state index in [9.17, 15) is 14.0 Å². The van der Waals surface area contributed by atoms with Gasteiger partial charge in [0.2, 0.25) is 5.88 Å². The Labute approximate surface area is 249 Å². The molecule has 8 rings (SSSR count). The fraction of sp³-hybridized carbons (Fsp3) is 0.467. The monoisotopic (exact) mass is 607 g/mol. The van der Waals surface area contributed by atoms with Gasteiger partial charge in [-0.3, -0.25) is 4.90 Å². The molecule has 0 spiro atoms. The van der Waals surface area contributed by atoms with Crippen LogP contribution in [0.3, 0.4) is 0 Å². The van der Waals surface area contributed by atoms with Crippen molar-refractivity contribution < 1.29 is 22.6 Å². The number of benzene rings is 1. The Morgan fingerprint density at radius 3 is 2.91 bits per heavy atom. The lowest BCUT2D eigenvalue weighted by atomic mass is 9.95. The molecule has 3 aromatic heterocycles. The number of pyridine rings is 1. The van der Waals surface area contributed by atoms with Gasteiger partial charge in [0.05, 0.1) is 21.8 Å². The largest absolute Gasteiger partial charge is 0.475 e. The number of alkyl halides is 1. The van der Waals surface area contributed by atoms with E-state index in [1.807, 2.05) is 6.07 Å². The second-order valence-electron chi connectivity index (χ2n) is 11.9. The molecule has 13 heteroatoms. The van der Waals surface area contributed by atoms with Gasteiger partial charge in [0, 0.05) is 30.5 Å². The zero-order valence-corrected chi connectivity index (χ0v) is 24.0. The maximum atomic E-state index is 16.7. The SMILES string of the molecule is N#Cc1c(N)sc2c(F)ccc(-c3nc4c5c(nc(OC[C@@]67CCCN6C[C@H](F)C7)nc5c3F)N3CCCC[C@H]3CO4)c12. The number of anilines is 2.